The Bertz CT molecular complexity index is 1170. The van der Waals surface area contributed by atoms with E-state index in [4.69, 9.17) is 27.9 Å². The molecule has 1 saturated heterocycles. The van der Waals surface area contributed by atoms with Crippen LogP contribution in [0.1, 0.15) is 24.8 Å². The molecule has 0 N–H and O–H groups in total. The van der Waals surface area contributed by atoms with Gasteiger partial charge < -0.3 is 9.64 Å². The van der Waals surface area contributed by atoms with Crippen molar-refractivity contribution in [3.63, 3.8) is 0 Å². The lowest BCUT2D eigenvalue weighted by atomic mass is 9.63. The summed E-state index contributed by atoms with van der Waals surface area (Å²) < 4.78 is 19.7. The number of rotatable bonds is 5. The SMILES string of the molecule is COC(=O)C1CC2(C3C(=O)N(c4ncc(Cl)cc4F)CC(=O)N3Cc3ccc(Cl)cc3)CC1C2. The summed E-state index contributed by atoms with van der Waals surface area (Å²) in [6.45, 7) is -0.138. The zero-order valence-electron chi connectivity index (χ0n) is 18.3. The summed E-state index contributed by atoms with van der Waals surface area (Å²) in [4.78, 5) is 46.3. The molecule has 2 unspecified atom stereocenters. The van der Waals surface area contributed by atoms with E-state index < -0.39 is 23.2 Å². The molecule has 34 heavy (non-hydrogen) atoms. The van der Waals surface area contributed by atoms with Gasteiger partial charge in [0, 0.05) is 23.2 Å². The molecule has 4 aliphatic rings. The van der Waals surface area contributed by atoms with E-state index in [1.165, 1.54) is 13.3 Å². The van der Waals surface area contributed by atoms with Crippen LogP contribution in [0, 0.1) is 23.1 Å². The zero-order valence-corrected chi connectivity index (χ0v) is 19.9. The van der Waals surface area contributed by atoms with Crippen molar-refractivity contribution in [1.29, 1.82) is 0 Å². The standard InChI is InChI=1S/C24H22Cl2FN3O4/c1-34-23(33)17-9-24(7-14(17)8-24)20-22(32)30(21-18(27)6-16(26)10-28-21)12-19(31)29(20)11-13-2-4-15(25)5-3-13/h2-6,10,14,17,20H,7-9,11-12H2,1H3. The van der Waals surface area contributed by atoms with Gasteiger partial charge in [0.1, 0.15) is 12.6 Å². The summed E-state index contributed by atoms with van der Waals surface area (Å²) in [7, 11) is 1.35. The Hall–Kier alpha value is -2.71. The maximum atomic E-state index is 14.7. The highest BCUT2D eigenvalue weighted by atomic mass is 35.5. The average Bonchev–Trinajstić information content (AvgIpc) is 3.34. The fourth-order valence-electron chi connectivity index (χ4n) is 5.88. The van der Waals surface area contributed by atoms with Crippen LogP contribution in [0.4, 0.5) is 10.2 Å². The highest BCUT2D eigenvalue weighted by Crippen LogP contribution is 2.65. The van der Waals surface area contributed by atoms with Crippen LogP contribution in [0.3, 0.4) is 0 Å². The number of piperazine rings is 1. The van der Waals surface area contributed by atoms with Gasteiger partial charge in [0.2, 0.25) is 5.91 Å². The molecule has 3 aliphatic carbocycles. The van der Waals surface area contributed by atoms with Crippen molar-refractivity contribution in [3.8, 4) is 0 Å². The Kier molecular flexibility index (Phi) is 5.76. The molecule has 1 aromatic heterocycles. The summed E-state index contributed by atoms with van der Waals surface area (Å²) in [6, 6.07) is 7.27. The molecule has 178 valence electrons. The van der Waals surface area contributed by atoms with Crippen molar-refractivity contribution >= 4 is 46.8 Å². The van der Waals surface area contributed by atoms with E-state index in [0.29, 0.717) is 24.3 Å². The molecule has 0 spiro atoms. The number of aromatic nitrogens is 1. The number of nitrogens with zero attached hydrogens (tertiary/aromatic N) is 3. The summed E-state index contributed by atoms with van der Waals surface area (Å²) in [6.07, 6.45) is 2.93. The number of hydrogen-bond donors (Lipinski definition) is 0. The van der Waals surface area contributed by atoms with E-state index >= 15 is 0 Å². The number of fused-ring (bicyclic) bond motifs is 1. The quantitative estimate of drug-likeness (QED) is 0.576. The van der Waals surface area contributed by atoms with Gasteiger partial charge in [-0.2, -0.15) is 0 Å². The van der Waals surface area contributed by atoms with Gasteiger partial charge in [-0.25, -0.2) is 9.37 Å². The fourth-order valence-corrected chi connectivity index (χ4v) is 6.15. The van der Waals surface area contributed by atoms with E-state index in [0.717, 1.165) is 16.5 Å². The van der Waals surface area contributed by atoms with E-state index in [1.807, 2.05) is 0 Å². The lowest BCUT2D eigenvalue weighted by Crippen LogP contribution is -2.66. The number of pyridine rings is 1. The second-order valence-electron chi connectivity index (χ2n) is 9.30. The van der Waals surface area contributed by atoms with Crippen LogP contribution in [-0.2, 0) is 25.7 Å². The molecule has 6 rings (SSSR count). The first-order valence-electron chi connectivity index (χ1n) is 11.0. The molecule has 7 nitrogen and oxygen atoms in total. The Morgan fingerprint density at radius 1 is 1.18 bits per heavy atom. The van der Waals surface area contributed by atoms with Crippen LogP contribution in [0.2, 0.25) is 10.0 Å². The summed E-state index contributed by atoms with van der Waals surface area (Å²) in [5.74, 6) is -2.25. The van der Waals surface area contributed by atoms with Crippen LogP contribution in [-0.4, -0.2) is 47.4 Å². The first-order chi connectivity index (χ1) is 16.2. The Balaban J connectivity index is 1.52. The average molecular weight is 506 g/mol. The van der Waals surface area contributed by atoms with Crippen molar-refractivity contribution in [3.05, 3.63) is 58.0 Å². The van der Waals surface area contributed by atoms with Gasteiger partial charge in [0.15, 0.2) is 11.6 Å². The summed E-state index contributed by atoms with van der Waals surface area (Å²) in [5.41, 5.74) is 0.235. The molecule has 4 fully saturated rings. The molecule has 2 atom stereocenters. The predicted molar refractivity (Wildman–Crippen MR) is 123 cm³/mol. The molecule has 1 aliphatic heterocycles. The number of ether oxygens (including phenoxy) is 1. The van der Waals surface area contributed by atoms with Crippen LogP contribution >= 0.6 is 23.2 Å². The van der Waals surface area contributed by atoms with E-state index in [-0.39, 0.29) is 47.6 Å². The number of methoxy groups -OCH3 is 1. The number of halogens is 3. The summed E-state index contributed by atoms with van der Waals surface area (Å²) in [5, 5.41) is 0.657. The Labute approximate surface area is 205 Å². The van der Waals surface area contributed by atoms with Crippen molar-refractivity contribution in [1.82, 2.24) is 9.88 Å². The molecular weight excluding hydrogens is 484 g/mol. The van der Waals surface area contributed by atoms with Crippen LogP contribution in [0.15, 0.2) is 36.5 Å². The third kappa shape index (κ3) is 3.73. The molecule has 3 saturated carbocycles. The second-order valence-corrected chi connectivity index (χ2v) is 10.2. The van der Waals surface area contributed by atoms with E-state index in [9.17, 15) is 18.8 Å². The maximum Gasteiger partial charge on any atom is 0.308 e. The van der Waals surface area contributed by atoms with Crippen LogP contribution in [0.25, 0.3) is 0 Å². The molecule has 2 bridgehead atoms. The predicted octanol–water partition coefficient (Wildman–Crippen LogP) is 3.86. The minimum absolute atomic E-state index is 0.0927. The number of benzene rings is 1. The van der Waals surface area contributed by atoms with E-state index in [2.05, 4.69) is 4.98 Å². The molecule has 10 heteroatoms. The van der Waals surface area contributed by atoms with Crippen molar-refractivity contribution < 1.29 is 23.5 Å². The maximum absolute atomic E-state index is 14.7. The van der Waals surface area contributed by atoms with Crippen molar-refractivity contribution in [2.45, 2.75) is 31.8 Å². The number of anilines is 1. The van der Waals surface area contributed by atoms with Gasteiger partial charge in [0.05, 0.1) is 18.1 Å². The number of hydrogen-bond acceptors (Lipinski definition) is 5. The Morgan fingerprint density at radius 2 is 1.88 bits per heavy atom. The highest BCUT2D eigenvalue weighted by Gasteiger charge is 2.66. The number of esters is 1. The highest BCUT2D eigenvalue weighted by molar-refractivity contribution is 6.30. The first kappa shape index (κ1) is 23.1. The molecule has 2 amide bonds. The van der Waals surface area contributed by atoms with E-state index in [1.54, 1.807) is 29.2 Å². The molecule has 1 aromatic carbocycles. The lowest BCUT2D eigenvalue weighted by molar-refractivity contribution is -0.152. The minimum Gasteiger partial charge on any atom is -0.469 e. The lowest BCUT2D eigenvalue weighted by Gasteiger charge is -2.51. The normalized spacial score (nSPS) is 28.2. The number of carbonyl (C=O) groups is 3. The topological polar surface area (TPSA) is 79.8 Å². The summed E-state index contributed by atoms with van der Waals surface area (Å²) >= 11 is 11.8. The van der Waals surface area contributed by atoms with Gasteiger partial charge >= 0.3 is 5.97 Å². The second kappa shape index (κ2) is 8.50. The first-order valence-corrected chi connectivity index (χ1v) is 11.7. The van der Waals surface area contributed by atoms with Gasteiger partial charge in [-0.3, -0.25) is 19.3 Å². The number of carbonyl (C=O) groups excluding carboxylic acids is 3. The zero-order chi connectivity index (χ0) is 24.2. The van der Waals surface area contributed by atoms with Gasteiger partial charge in [-0.15, -0.1) is 0 Å². The van der Waals surface area contributed by atoms with Gasteiger partial charge in [-0.05, 0) is 48.9 Å². The van der Waals surface area contributed by atoms with Crippen molar-refractivity contribution in [2.75, 3.05) is 18.6 Å². The third-order valence-electron chi connectivity index (χ3n) is 7.35. The monoisotopic (exact) mass is 505 g/mol. The smallest absolute Gasteiger partial charge is 0.308 e. The van der Waals surface area contributed by atoms with Crippen LogP contribution < -0.4 is 4.90 Å². The van der Waals surface area contributed by atoms with Gasteiger partial charge in [0.25, 0.3) is 5.91 Å². The largest absolute Gasteiger partial charge is 0.469 e. The third-order valence-corrected chi connectivity index (χ3v) is 7.81. The molecule has 2 heterocycles. The Morgan fingerprint density at radius 3 is 2.53 bits per heavy atom. The number of amides is 2. The molecule has 2 aromatic rings. The van der Waals surface area contributed by atoms with Gasteiger partial charge in [-0.1, -0.05) is 35.3 Å². The molecular formula is C24H22Cl2FN3O4. The minimum atomic E-state index is -0.854. The fraction of sp³-hybridized carbons (Fsp3) is 0.417. The molecule has 0 radical (unpaired) electrons. The van der Waals surface area contributed by atoms with Crippen LogP contribution in [0.5, 0.6) is 0 Å². The van der Waals surface area contributed by atoms with Crippen molar-refractivity contribution in [2.24, 2.45) is 17.3 Å².